The van der Waals surface area contributed by atoms with Crippen molar-refractivity contribution in [3.05, 3.63) is 47.4 Å². The zero-order valence-corrected chi connectivity index (χ0v) is 14.3. The standard InChI is InChI=1S/C17H20ClN5O/c1-12(13-4-8-19-9-5-13)20-17(24)14-6-10-23(11-7-14)16-3-2-15(18)21-22-16/h2-5,8-9,12,14H,6-7,10-11H2,1H3,(H,20,24)/t12-/m0/s1. The van der Waals surface area contributed by atoms with Crippen LogP contribution in [0.1, 0.15) is 31.4 Å². The molecule has 0 aliphatic carbocycles. The van der Waals surface area contributed by atoms with E-state index in [9.17, 15) is 4.79 Å². The molecule has 1 aliphatic heterocycles. The van der Waals surface area contributed by atoms with Gasteiger partial charge in [-0.3, -0.25) is 9.78 Å². The number of piperidine rings is 1. The molecule has 1 aliphatic rings. The average molecular weight is 346 g/mol. The largest absolute Gasteiger partial charge is 0.355 e. The molecule has 7 heteroatoms. The van der Waals surface area contributed by atoms with Gasteiger partial charge in [0.15, 0.2) is 11.0 Å². The van der Waals surface area contributed by atoms with Crippen molar-refractivity contribution in [1.82, 2.24) is 20.5 Å². The normalized spacial score (nSPS) is 16.7. The molecule has 1 amide bonds. The molecule has 3 rings (SSSR count). The van der Waals surface area contributed by atoms with Gasteiger partial charge < -0.3 is 10.2 Å². The van der Waals surface area contributed by atoms with Gasteiger partial charge in [-0.15, -0.1) is 10.2 Å². The van der Waals surface area contributed by atoms with Crippen molar-refractivity contribution in [2.75, 3.05) is 18.0 Å². The lowest BCUT2D eigenvalue weighted by molar-refractivity contribution is -0.126. The number of hydrogen-bond acceptors (Lipinski definition) is 5. The smallest absolute Gasteiger partial charge is 0.223 e. The Labute approximate surface area is 146 Å². The fourth-order valence-electron chi connectivity index (χ4n) is 2.92. The summed E-state index contributed by atoms with van der Waals surface area (Å²) in [4.78, 5) is 18.6. The van der Waals surface area contributed by atoms with Gasteiger partial charge in [-0.25, -0.2) is 0 Å². The second kappa shape index (κ2) is 7.57. The third kappa shape index (κ3) is 4.00. The fourth-order valence-corrected chi connectivity index (χ4v) is 3.02. The van der Waals surface area contributed by atoms with Crippen LogP contribution in [0.5, 0.6) is 0 Å². The predicted molar refractivity (Wildman–Crippen MR) is 92.8 cm³/mol. The Hall–Kier alpha value is -2.21. The molecule has 6 nitrogen and oxygen atoms in total. The van der Waals surface area contributed by atoms with Gasteiger partial charge in [0.05, 0.1) is 6.04 Å². The number of carbonyl (C=O) groups is 1. The van der Waals surface area contributed by atoms with Crippen LogP contribution in [0.3, 0.4) is 0 Å². The maximum absolute atomic E-state index is 12.5. The van der Waals surface area contributed by atoms with Gasteiger partial charge in [-0.2, -0.15) is 0 Å². The molecule has 0 saturated carbocycles. The Morgan fingerprint density at radius 3 is 2.54 bits per heavy atom. The van der Waals surface area contributed by atoms with Crippen molar-refractivity contribution < 1.29 is 4.79 Å². The zero-order valence-electron chi connectivity index (χ0n) is 13.5. The summed E-state index contributed by atoms with van der Waals surface area (Å²) >= 11 is 5.77. The van der Waals surface area contributed by atoms with E-state index in [-0.39, 0.29) is 17.9 Å². The van der Waals surface area contributed by atoms with Crippen molar-refractivity contribution in [2.45, 2.75) is 25.8 Å². The van der Waals surface area contributed by atoms with Crippen LogP contribution in [0, 0.1) is 5.92 Å². The molecule has 3 heterocycles. The van der Waals surface area contributed by atoms with Gasteiger partial charge in [0.1, 0.15) is 0 Å². The number of amides is 1. The number of nitrogens with zero attached hydrogens (tertiary/aromatic N) is 4. The third-order valence-corrected chi connectivity index (χ3v) is 4.57. The first-order chi connectivity index (χ1) is 11.6. The quantitative estimate of drug-likeness (QED) is 0.922. The van der Waals surface area contributed by atoms with Crippen LogP contribution in [0.25, 0.3) is 0 Å². The van der Waals surface area contributed by atoms with Crippen LogP contribution in [-0.4, -0.2) is 34.2 Å². The molecule has 1 N–H and O–H groups in total. The monoisotopic (exact) mass is 345 g/mol. The summed E-state index contributed by atoms with van der Waals surface area (Å²) in [6.45, 7) is 3.57. The zero-order chi connectivity index (χ0) is 16.9. The molecule has 1 atom stereocenters. The molecule has 1 saturated heterocycles. The summed E-state index contributed by atoms with van der Waals surface area (Å²) in [6, 6.07) is 7.43. The Kier molecular flexibility index (Phi) is 5.25. The first kappa shape index (κ1) is 16.6. The van der Waals surface area contributed by atoms with E-state index < -0.39 is 0 Å². The Morgan fingerprint density at radius 1 is 1.21 bits per heavy atom. The Bertz CT molecular complexity index is 671. The van der Waals surface area contributed by atoms with Crippen LogP contribution < -0.4 is 10.2 Å². The molecular formula is C17H20ClN5O. The molecule has 126 valence electrons. The first-order valence-electron chi connectivity index (χ1n) is 8.08. The molecule has 1 fully saturated rings. The minimum absolute atomic E-state index is 0.0133. The summed E-state index contributed by atoms with van der Waals surface area (Å²) in [7, 11) is 0. The summed E-state index contributed by atoms with van der Waals surface area (Å²) in [5, 5.41) is 11.5. The summed E-state index contributed by atoms with van der Waals surface area (Å²) in [5.41, 5.74) is 1.06. The molecule has 0 radical (unpaired) electrons. The molecule has 2 aromatic rings. The van der Waals surface area contributed by atoms with Crippen molar-refractivity contribution in [1.29, 1.82) is 0 Å². The molecule has 2 aromatic heterocycles. The van der Waals surface area contributed by atoms with E-state index >= 15 is 0 Å². The number of carbonyl (C=O) groups excluding carboxylic acids is 1. The van der Waals surface area contributed by atoms with Gasteiger partial charge in [0, 0.05) is 31.4 Å². The van der Waals surface area contributed by atoms with Crippen LogP contribution in [0.4, 0.5) is 5.82 Å². The highest BCUT2D eigenvalue weighted by atomic mass is 35.5. The molecular weight excluding hydrogens is 326 g/mol. The minimum Gasteiger partial charge on any atom is -0.355 e. The van der Waals surface area contributed by atoms with Crippen LogP contribution in [0.15, 0.2) is 36.7 Å². The maximum atomic E-state index is 12.5. The number of pyridine rings is 1. The number of anilines is 1. The molecule has 0 unspecified atom stereocenters. The predicted octanol–water partition coefficient (Wildman–Crippen LogP) is 2.62. The highest BCUT2D eigenvalue weighted by molar-refractivity contribution is 6.29. The van der Waals surface area contributed by atoms with E-state index in [0.29, 0.717) is 5.15 Å². The molecule has 24 heavy (non-hydrogen) atoms. The van der Waals surface area contributed by atoms with Crippen molar-refractivity contribution in [3.8, 4) is 0 Å². The lowest BCUT2D eigenvalue weighted by Crippen LogP contribution is -2.41. The number of hydrogen-bond donors (Lipinski definition) is 1. The van der Waals surface area contributed by atoms with Crippen molar-refractivity contribution >= 4 is 23.3 Å². The van der Waals surface area contributed by atoms with E-state index in [1.807, 2.05) is 25.1 Å². The molecule has 0 aromatic carbocycles. The maximum Gasteiger partial charge on any atom is 0.223 e. The minimum atomic E-state index is -0.0133. The van der Waals surface area contributed by atoms with E-state index in [0.717, 1.165) is 37.3 Å². The van der Waals surface area contributed by atoms with Crippen molar-refractivity contribution in [2.24, 2.45) is 5.92 Å². The highest BCUT2D eigenvalue weighted by Crippen LogP contribution is 2.23. The van der Waals surface area contributed by atoms with Gasteiger partial charge in [0.2, 0.25) is 5.91 Å². The van der Waals surface area contributed by atoms with Crippen molar-refractivity contribution in [3.63, 3.8) is 0 Å². The number of rotatable bonds is 4. The van der Waals surface area contributed by atoms with Crippen LogP contribution >= 0.6 is 11.6 Å². The van der Waals surface area contributed by atoms with E-state index in [4.69, 9.17) is 11.6 Å². The number of aromatic nitrogens is 3. The van der Waals surface area contributed by atoms with E-state index in [1.54, 1.807) is 18.5 Å². The Morgan fingerprint density at radius 2 is 1.92 bits per heavy atom. The van der Waals surface area contributed by atoms with E-state index in [1.165, 1.54) is 0 Å². The second-order valence-electron chi connectivity index (χ2n) is 5.99. The topological polar surface area (TPSA) is 71.0 Å². The fraction of sp³-hybridized carbons (Fsp3) is 0.412. The summed E-state index contributed by atoms with van der Waals surface area (Å²) < 4.78 is 0. The number of halogens is 1. The van der Waals surface area contributed by atoms with E-state index in [2.05, 4.69) is 25.4 Å². The van der Waals surface area contributed by atoms with Gasteiger partial charge in [-0.1, -0.05) is 11.6 Å². The lowest BCUT2D eigenvalue weighted by Gasteiger charge is -2.32. The second-order valence-corrected chi connectivity index (χ2v) is 6.37. The SMILES string of the molecule is C[C@H](NC(=O)C1CCN(c2ccc(Cl)nn2)CC1)c1ccncc1. The summed E-state index contributed by atoms with van der Waals surface area (Å²) in [5.74, 6) is 0.954. The van der Waals surface area contributed by atoms with Crippen LogP contribution in [-0.2, 0) is 4.79 Å². The summed E-state index contributed by atoms with van der Waals surface area (Å²) in [6.07, 6.45) is 5.09. The third-order valence-electron chi connectivity index (χ3n) is 4.37. The van der Waals surface area contributed by atoms with Gasteiger partial charge in [-0.05, 0) is 49.6 Å². The lowest BCUT2D eigenvalue weighted by atomic mass is 9.95. The van der Waals surface area contributed by atoms with Crippen LogP contribution in [0.2, 0.25) is 5.15 Å². The first-order valence-corrected chi connectivity index (χ1v) is 8.46. The van der Waals surface area contributed by atoms with Gasteiger partial charge in [0.25, 0.3) is 0 Å². The van der Waals surface area contributed by atoms with Gasteiger partial charge >= 0.3 is 0 Å². The molecule has 0 spiro atoms. The number of nitrogens with one attached hydrogen (secondary N) is 1. The Balaban J connectivity index is 1.52. The highest BCUT2D eigenvalue weighted by Gasteiger charge is 2.26. The average Bonchev–Trinajstić information content (AvgIpc) is 2.63. The molecule has 0 bridgehead atoms.